The molecule has 0 atom stereocenters. The molecule has 2 aromatic heterocycles. The number of halogens is 2. The quantitative estimate of drug-likeness (QED) is 0.501. The SMILES string of the molecule is CCN1CCN(Cc2ccc(Nc3ncc(F)c(-c4cc(F)c5c(c4)N(C=O)CCO5)n3)nc2)CC1. The molecular weight excluding hydrogens is 468 g/mol. The molecule has 0 aliphatic carbocycles. The Labute approximate surface area is 207 Å². The van der Waals surface area contributed by atoms with Gasteiger partial charge in [-0.3, -0.25) is 9.69 Å². The van der Waals surface area contributed by atoms with E-state index in [1.807, 2.05) is 12.1 Å². The normalized spacial score (nSPS) is 16.4. The highest BCUT2D eigenvalue weighted by Gasteiger charge is 2.24. The Hall–Kier alpha value is -3.70. The molecular formula is C25H27F2N7O2. The first-order valence-corrected chi connectivity index (χ1v) is 11.9. The van der Waals surface area contributed by atoms with E-state index in [9.17, 15) is 13.6 Å². The number of anilines is 3. The lowest BCUT2D eigenvalue weighted by Crippen LogP contribution is -2.45. The van der Waals surface area contributed by atoms with Crippen molar-refractivity contribution in [2.75, 3.05) is 56.1 Å². The van der Waals surface area contributed by atoms with Gasteiger partial charge in [0.2, 0.25) is 12.4 Å². The van der Waals surface area contributed by atoms with Crippen LogP contribution in [0.4, 0.5) is 26.2 Å². The number of likely N-dealkylation sites (N-methyl/N-ethyl adjacent to an activating group) is 1. The summed E-state index contributed by atoms with van der Waals surface area (Å²) in [7, 11) is 0. The van der Waals surface area contributed by atoms with Crippen molar-refractivity contribution in [1.29, 1.82) is 0 Å². The van der Waals surface area contributed by atoms with Crippen LogP contribution >= 0.6 is 0 Å². The summed E-state index contributed by atoms with van der Waals surface area (Å²) < 4.78 is 34.7. The summed E-state index contributed by atoms with van der Waals surface area (Å²) in [6.07, 6.45) is 3.40. The van der Waals surface area contributed by atoms with Crippen molar-refractivity contribution in [3.8, 4) is 17.0 Å². The van der Waals surface area contributed by atoms with E-state index in [1.54, 1.807) is 6.20 Å². The van der Waals surface area contributed by atoms with E-state index in [2.05, 4.69) is 37.0 Å². The Balaban J connectivity index is 1.31. The summed E-state index contributed by atoms with van der Waals surface area (Å²) in [5.41, 5.74) is 1.39. The second kappa shape index (κ2) is 10.5. The molecule has 0 unspecified atom stereocenters. The molecule has 11 heteroatoms. The minimum atomic E-state index is -0.722. The van der Waals surface area contributed by atoms with Crippen LogP contribution in [0.1, 0.15) is 12.5 Å². The number of amides is 1. The maximum Gasteiger partial charge on any atom is 0.229 e. The lowest BCUT2D eigenvalue weighted by Gasteiger charge is -2.33. The molecule has 36 heavy (non-hydrogen) atoms. The number of hydrogen-bond acceptors (Lipinski definition) is 8. The fourth-order valence-electron chi connectivity index (χ4n) is 4.41. The Bertz CT molecular complexity index is 1230. The van der Waals surface area contributed by atoms with E-state index in [1.165, 1.54) is 11.0 Å². The molecule has 2 aliphatic heterocycles. The highest BCUT2D eigenvalue weighted by Crippen LogP contribution is 2.38. The maximum absolute atomic E-state index is 14.7. The van der Waals surface area contributed by atoms with E-state index in [0.717, 1.165) is 57.1 Å². The highest BCUT2D eigenvalue weighted by atomic mass is 19.1. The molecule has 1 aromatic carbocycles. The van der Waals surface area contributed by atoms with Gasteiger partial charge in [-0.05, 0) is 30.3 Å². The van der Waals surface area contributed by atoms with E-state index in [0.29, 0.717) is 12.2 Å². The molecule has 1 saturated heterocycles. The number of piperazine rings is 1. The van der Waals surface area contributed by atoms with Crippen LogP contribution < -0.4 is 15.0 Å². The lowest BCUT2D eigenvalue weighted by atomic mass is 10.1. The van der Waals surface area contributed by atoms with Gasteiger partial charge < -0.3 is 19.9 Å². The molecule has 0 spiro atoms. The van der Waals surface area contributed by atoms with Crippen LogP contribution in [0.5, 0.6) is 5.75 Å². The van der Waals surface area contributed by atoms with Crippen molar-refractivity contribution in [3.63, 3.8) is 0 Å². The van der Waals surface area contributed by atoms with Gasteiger partial charge in [0.25, 0.3) is 0 Å². The van der Waals surface area contributed by atoms with Gasteiger partial charge in [-0.15, -0.1) is 0 Å². The Morgan fingerprint density at radius 2 is 1.83 bits per heavy atom. The van der Waals surface area contributed by atoms with Crippen molar-refractivity contribution in [3.05, 3.63) is 53.9 Å². The molecule has 3 aromatic rings. The van der Waals surface area contributed by atoms with Gasteiger partial charge in [-0.2, -0.15) is 0 Å². The third-order valence-electron chi connectivity index (χ3n) is 6.44. The van der Waals surface area contributed by atoms with E-state index in [-0.39, 0.29) is 41.8 Å². The van der Waals surface area contributed by atoms with Crippen LogP contribution in [-0.4, -0.2) is 77.0 Å². The van der Waals surface area contributed by atoms with Gasteiger partial charge >= 0.3 is 0 Å². The zero-order chi connectivity index (χ0) is 25.1. The molecule has 2 aliphatic rings. The number of nitrogens with one attached hydrogen (secondary N) is 1. The lowest BCUT2D eigenvalue weighted by molar-refractivity contribution is -0.107. The van der Waals surface area contributed by atoms with Crippen LogP contribution in [-0.2, 0) is 11.3 Å². The van der Waals surface area contributed by atoms with Crippen LogP contribution in [0.15, 0.2) is 36.7 Å². The van der Waals surface area contributed by atoms with Crippen LogP contribution in [0.3, 0.4) is 0 Å². The maximum atomic E-state index is 14.7. The van der Waals surface area contributed by atoms with Crippen molar-refractivity contribution in [2.24, 2.45) is 0 Å². The predicted molar refractivity (Wildman–Crippen MR) is 131 cm³/mol. The van der Waals surface area contributed by atoms with Crippen LogP contribution in [0.2, 0.25) is 0 Å². The van der Waals surface area contributed by atoms with Gasteiger partial charge in [0.1, 0.15) is 18.1 Å². The number of fused-ring (bicyclic) bond motifs is 1. The van der Waals surface area contributed by atoms with Crippen molar-refractivity contribution >= 4 is 23.9 Å². The molecule has 1 fully saturated rings. The molecule has 5 rings (SSSR count). The summed E-state index contributed by atoms with van der Waals surface area (Å²) in [5, 5.41) is 2.98. The third kappa shape index (κ3) is 5.12. The fourth-order valence-corrected chi connectivity index (χ4v) is 4.41. The fraction of sp³-hybridized carbons (Fsp3) is 0.360. The van der Waals surface area contributed by atoms with Crippen LogP contribution in [0.25, 0.3) is 11.3 Å². The van der Waals surface area contributed by atoms with Gasteiger partial charge in [0.15, 0.2) is 17.4 Å². The molecule has 0 saturated carbocycles. The first kappa shape index (κ1) is 24.0. The monoisotopic (exact) mass is 495 g/mol. The third-order valence-corrected chi connectivity index (χ3v) is 6.44. The second-order valence-electron chi connectivity index (χ2n) is 8.73. The highest BCUT2D eigenvalue weighted by molar-refractivity contribution is 5.83. The summed E-state index contributed by atoms with van der Waals surface area (Å²) in [4.78, 5) is 30.2. The zero-order valence-electron chi connectivity index (χ0n) is 20.0. The molecule has 0 bridgehead atoms. The number of carbonyl (C=O) groups excluding carboxylic acids is 1. The van der Waals surface area contributed by atoms with E-state index >= 15 is 0 Å². The van der Waals surface area contributed by atoms with Gasteiger partial charge in [-0.1, -0.05) is 13.0 Å². The van der Waals surface area contributed by atoms with E-state index in [4.69, 9.17) is 4.74 Å². The number of benzene rings is 1. The van der Waals surface area contributed by atoms with Crippen LogP contribution in [0, 0.1) is 11.6 Å². The molecule has 1 N–H and O–H groups in total. The molecule has 188 valence electrons. The number of hydrogen-bond donors (Lipinski definition) is 1. The molecule has 0 radical (unpaired) electrons. The van der Waals surface area contributed by atoms with Gasteiger partial charge in [0.05, 0.1) is 18.4 Å². The number of ether oxygens (including phenoxy) is 1. The number of aromatic nitrogens is 3. The average molecular weight is 496 g/mol. The minimum Gasteiger partial charge on any atom is -0.486 e. The molecule has 9 nitrogen and oxygen atoms in total. The Morgan fingerprint density at radius 3 is 2.56 bits per heavy atom. The number of rotatable bonds is 7. The number of nitrogens with zero attached hydrogens (tertiary/aromatic N) is 6. The summed E-state index contributed by atoms with van der Waals surface area (Å²) in [5.74, 6) is -0.842. The first-order valence-electron chi connectivity index (χ1n) is 11.9. The topological polar surface area (TPSA) is 86.7 Å². The second-order valence-corrected chi connectivity index (χ2v) is 8.73. The number of carbonyl (C=O) groups is 1. The molecule has 1 amide bonds. The van der Waals surface area contributed by atoms with Crippen molar-refractivity contribution < 1.29 is 18.3 Å². The summed E-state index contributed by atoms with van der Waals surface area (Å²) in [6, 6.07) is 6.42. The van der Waals surface area contributed by atoms with E-state index < -0.39 is 11.6 Å². The van der Waals surface area contributed by atoms with Gasteiger partial charge in [-0.25, -0.2) is 23.7 Å². The predicted octanol–water partition coefficient (Wildman–Crippen LogP) is 3.05. The average Bonchev–Trinajstić information content (AvgIpc) is 2.91. The van der Waals surface area contributed by atoms with Crippen molar-refractivity contribution in [1.82, 2.24) is 24.8 Å². The largest absolute Gasteiger partial charge is 0.486 e. The Kier molecular flexibility index (Phi) is 7.01. The van der Waals surface area contributed by atoms with Gasteiger partial charge in [0, 0.05) is 44.5 Å². The summed E-state index contributed by atoms with van der Waals surface area (Å²) >= 11 is 0. The molecule has 4 heterocycles. The standard InChI is InChI=1S/C25H27F2N7O2/c1-2-32-5-7-33(8-6-32)15-17-3-4-22(28-13-17)30-25-29-14-20(27)23(31-25)18-11-19(26)24-21(12-18)34(16-35)9-10-36-24/h3-4,11-14,16H,2,5-10,15H2,1H3,(H,28,29,30,31). The zero-order valence-corrected chi connectivity index (χ0v) is 20.0. The Morgan fingerprint density at radius 1 is 1.03 bits per heavy atom. The number of pyridine rings is 1. The smallest absolute Gasteiger partial charge is 0.229 e. The summed E-state index contributed by atoms with van der Waals surface area (Å²) in [6.45, 7) is 8.74. The van der Waals surface area contributed by atoms with Crippen molar-refractivity contribution in [2.45, 2.75) is 13.5 Å². The minimum absolute atomic E-state index is 0.0403. The first-order chi connectivity index (χ1) is 17.5.